The fourth-order valence-corrected chi connectivity index (χ4v) is 20.0. The van der Waals surface area contributed by atoms with Crippen LogP contribution in [0.25, 0.3) is 0 Å². The van der Waals surface area contributed by atoms with E-state index in [1.54, 1.807) is 119 Å². The number of hydrogen-bond donors (Lipinski definition) is 5. The van der Waals surface area contributed by atoms with Crippen molar-refractivity contribution in [2.45, 2.75) is 179 Å². The van der Waals surface area contributed by atoms with Gasteiger partial charge in [-0.05, 0) is 133 Å². The molecule has 108 heavy (non-hydrogen) atoms. The minimum absolute atomic E-state index is 0.0994. The number of nitrogens with one attached hydrogen (secondary N) is 5. The molecule has 0 saturated carbocycles. The van der Waals surface area contributed by atoms with Gasteiger partial charge in [0, 0.05) is 78.4 Å². The summed E-state index contributed by atoms with van der Waals surface area (Å²) < 4.78 is 192. The molecule has 0 radical (unpaired) electrons. The lowest BCUT2D eigenvalue weighted by molar-refractivity contribution is -0.139. The van der Waals surface area contributed by atoms with E-state index in [1.165, 1.54) is 18.2 Å². The Morgan fingerprint density at radius 3 is 1.32 bits per heavy atom. The number of hydrogen-bond acceptors (Lipinski definition) is 29. The summed E-state index contributed by atoms with van der Waals surface area (Å²) in [4.78, 5) is 90.1. The molecule has 8 unspecified atom stereocenters. The number of benzene rings is 3. The number of anilines is 5. The highest BCUT2D eigenvalue weighted by atomic mass is 32.2. The Morgan fingerprint density at radius 1 is 0.528 bits per heavy atom. The maximum Gasteiger partial charge on any atom is 0.475 e. The molecule has 0 aliphatic carbocycles. The lowest BCUT2D eigenvalue weighted by Crippen LogP contribution is -2.45. The molecular formula is C64H70F6N11O21P3S3. The number of amides is 3. The standard InChI is InChI=1S/C22H25F2N4O7PS.C22H24F2N3O7PS.C20H21F2N4O7PS/c1-11(2)34-36(31)32-9-15-18(35-36)22(23,24)20(33-15)28-7-6-17(27-21(28)30)26-19(29)13-4-5-16-14(8-13)25-12(3)10-37-16;1-11(2)33-35(30)31-10-15-18(34-35)22(23,24)20(32-15)27-7-6-17(26-21(27)29)25-19(28)13-4-5-16-14(9-13)8-12(3)36-16;1-10(2)32-34(29)30-8-13-16(33-34)20(21,22)18(31-13)26-6-5-15(25-19(26)28)24-17(27)11-3-4-12-14(7-11)35-9-23-12/h4-8,11-12,15,18,20,25H,9-10H2,1-3H3,(H,26,27,29,30);4-7,9,11-12,15,18,20H,8,10H2,1-3H3,(H,25,26,28,29);3-7,10,13,16,18,23H,8-9H2,1-2H3,(H,24,25,27,28)/t12?,15-,18-,20?,36?;12?,15-,18-,20?,35?;13-,16-,18?,34?/m111/s1. The predicted octanol–water partition coefficient (Wildman–Crippen LogP) is 11.3. The van der Waals surface area contributed by atoms with E-state index >= 15 is 26.3 Å². The lowest BCUT2D eigenvalue weighted by Gasteiger charge is -2.32. The van der Waals surface area contributed by atoms with Crippen LogP contribution >= 0.6 is 58.8 Å². The van der Waals surface area contributed by atoms with Crippen molar-refractivity contribution in [2.75, 3.05) is 58.0 Å². The highest BCUT2D eigenvalue weighted by Crippen LogP contribution is 2.63. The first-order chi connectivity index (χ1) is 51.0. The molecule has 582 valence electrons. The highest BCUT2D eigenvalue weighted by Gasteiger charge is 2.68. The second-order valence-electron chi connectivity index (χ2n) is 26.4. The molecule has 3 aromatic heterocycles. The number of carbonyl (C=O) groups excluding carboxylic acids is 3. The molecule has 32 nitrogen and oxygen atoms in total. The minimum Gasteiger partial charge on any atom is -0.381 e. The van der Waals surface area contributed by atoms with Crippen LogP contribution in [-0.4, -0.2) is 162 Å². The Hall–Kier alpha value is -6.85. The number of carbonyl (C=O) groups is 3. The average Bonchev–Trinajstić information content (AvgIpc) is 1.59. The van der Waals surface area contributed by atoms with Gasteiger partial charge in [-0.25, -0.2) is 28.1 Å². The molecule has 44 heteroatoms. The van der Waals surface area contributed by atoms with E-state index in [1.807, 2.05) is 19.1 Å². The van der Waals surface area contributed by atoms with Crippen molar-refractivity contribution in [3.63, 3.8) is 0 Å². The molecule has 0 bridgehead atoms. The van der Waals surface area contributed by atoms with Gasteiger partial charge in [0.05, 0.1) is 44.0 Å². The van der Waals surface area contributed by atoms with Gasteiger partial charge in [-0.15, -0.1) is 35.3 Å². The number of nitrogens with zero attached hydrogens (tertiary/aromatic N) is 6. The molecular weight excluding hydrogens is 1560 g/mol. The fraction of sp³-hybridized carbons (Fsp3) is 0.484. The van der Waals surface area contributed by atoms with Crippen molar-refractivity contribution in [3.8, 4) is 0 Å². The number of aromatic nitrogens is 6. The molecule has 0 spiro atoms. The van der Waals surface area contributed by atoms with Crippen LogP contribution in [0.2, 0.25) is 0 Å². The van der Waals surface area contributed by atoms with E-state index in [0.29, 0.717) is 41.5 Å². The van der Waals surface area contributed by atoms with Crippen LogP contribution in [0, 0.1) is 0 Å². The van der Waals surface area contributed by atoms with Gasteiger partial charge in [-0.2, -0.15) is 41.3 Å². The number of thioether (sulfide) groups is 3. The Kier molecular flexibility index (Phi) is 22.8. The summed E-state index contributed by atoms with van der Waals surface area (Å²) in [5.41, 5.74) is 0.677. The maximum absolute atomic E-state index is 15.2. The smallest absolute Gasteiger partial charge is 0.381 e. The van der Waals surface area contributed by atoms with E-state index in [2.05, 4.69) is 48.5 Å². The molecule has 6 fully saturated rings. The molecule has 3 aromatic carbocycles. The van der Waals surface area contributed by atoms with Gasteiger partial charge in [-0.1, -0.05) is 6.92 Å². The average molecular weight is 1630 g/mol. The minimum atomic E-state index is -4.23. The number of rotatable bonds is 15. The summed E-state index contributed by atoms with van der Waals surface area (Å²) in [5, 5.41) is 14.4. The van der Waals surface area contributed by atoms with Crippen molar-refractivity contribution in [2.24, 2.45) is 0 Å². The van der Waals surface area contributed by atoms with Gasteiger partial charge in [0.1, 0.15) is 35.8 Å². The van der Waals surface area contributed by atoms with Crippen LogP contribution in [0.1, 0.15) is 111 Å². The van der Waals surface area contributed by atoms with E-state index in [0.717, 1.165) is 62.4 Å². The van der Waals surface area contributed by atoms with Gasteiger partial charge in [0.25, 0.3) is 17.7 Å². The normalized spacial score (nSPS) is 30.0. The zero-order valence-electron chi connectivity index (χ0n) is 58.1. The van der Waals surface area contributed by atoms with Crippen LogP contribution in [0.5, 0.6) is 0 Å². The third-order valence-electron chi connectivity index (χ3n) is 17.0. The molecule has 14 atom stereocenters. The van der Waals surface area contributed by atoms with Crippen molar-refractivity contribution in [1.82, 2.24) is 28.7 Å². The molecule has 12 heterocycles. The summed E-state index contributed by atoms with van der Waals surface area (Å²) in [6, 6.07) is 19.5. The zero-order chi connectivity index (χ0) is 77.3. The van der Waals surface area contributed by atoms with Crippen LogP contribution in [0.3, 0.4) is 0 Å². The SMILES string of the molecule is CC(C)OP1(=O)OC[C@H]2OC(n3ccc(NC(=O)c4ccc5c(c4)CC(C)S5)nc3=O)C(F)(F)[C@@H]2O1.CC(C)OP1(=O)OC[C@H]2OC(n3ccc(NC(=O)c4ccc5c(c4)SCN5)nc3=O)C(F)(F)[C@@H]2O1.CC1CSc2ccc(C(=O)Nc3ccn(C4O[C@@H]5COP(=O)(OC(C)C)O[C@H]5C4(F)F)c(=O)n3)cc2N1. The summed E-state index contributed by atoms with van der Waals surface area (Å²) in [6.45, 7) is 12.1. The number of phosphoric acid groups is 3. The highest BCUT2D eigenvalue weighted by molar-refractivity contribution is 8.00. The Morgan fingerprint density at radius 2 is 0.917 bits per heavy atom. The molecule has 6 aromatic rings. The summed E-state index contributed by atoms with van der Waals surface area (Å²) >= 11 is 4.97. The quantitative estimate of drug-likeness (QED) is 0.0471. The second-order valence-corrected chi connectivity index (χ2v) is 34.7. The van der Waals surface area contributed by atoms with Gasteiger partial charge in [0.15, 0.2) is 18.3 Å². The van der Waals surface area contributed by atoms with Crippen LogP contribution in [-0.2, 0) is 75.0 Å². The number of phosphoric ester groups is 3. The van der Waals surface area contributed by atoms with E-state index in [-0.39, 0.29) is 23.5 Å². The Balaban J connectivity index is 0.000000143. The van der Waals surface area contributed by atoms with Crippen molar-refractivity contribution < 1.29 is 109 Å². The van der Waals surface area contributed by atoms with Crippen molar-refractivity contribution in [3.05, 3.63) is 145 Å². The molecule has 6 saturated heterocycles. The largest absolute Gasteiger partial charge is 0.475 e. The third-order valence-corrected chi connectivity index (χ3v) is 25.4. The van der Waals surface area contributed by atoms with Gasteiger partial charge in [-0.3, -0.25) is 68.8 Å². The van der Waals surface area contributed by atoms with Crippen molar-refractivity contribution in [1.29, 1.82) is 0 Å². The van der Waals surface area contributed by atoms with E-state index in [9.17, 15) is 42.5 Å². The first-order valence-corrected chi connectivity index (χ1v) is 40.7. The summed E-state index contributed by atoms with van der Waals surface area (Å²) in [7, 11) is -12.7. The monoisotopic (exact) mass is 1630 g/mol. The summed E-state index contributed by atoms with van der Waals surface area (Å²) in [5.74, 6) is -11.5. The van der Waals surface area contributed by atoms with Crippen molar-refractivity contribution >= 4 is 105 Å². The number of halogens is 6. The lowest BCUT2D eigenvalue weighted by atomic mass is 10.1. The zero-order valence-corrected chi connectivity index (χ0v) is 63.2. The van der Waals surface area contributed by atoms with Gasteiger partial charge >= 0.3 is 58.3 Å². The first-order valence-electron chi connectivity index (χ1n) is 33.4. The summed E-state index contributed by atoms with van der Waals surface area (Å²) in [6.07, 6.45) is -13.8. The van der Waals surface area contributed by atoms with E-state index in [4.69, 9.17) is 54.9 Å². The topological polar surface area (TPSA) is 378 Å². The molecule has 9 aliphatic rings. The number of alkyl halides is 6. The Bertz CT molecular complexity index is 4840. The Labute approximate surface area is 622 Å². The maximum atomic E-state index is 15.2. The fourth-order valence-electron chi connectivity index (χ4n) is 12.3. The molecule has 5 N–H and O–H groups in total. The number of fused-ring (bicyclic) bond motifs is 6. The molecule has 9 aliphatic heterocycles. The molecule has 3 amide bonds. The predicted molar refractivity (Wildman–Crippen MR) is 376 cm³/mol. The van der Waals surface area contributed by atoms with E-state index < -0.39 is 169 Å². The van der Waals surface area contributed by atoms with Gasteiger partial charge < -0.3 is 40.8 Å². The number of ether oxygens (including phenoxy) is 3. The second kappa shape index (κ2) is 31.0. The first kappa shape index (κ1) is 79.2. The van der Waals surface area contributed by atoms with Gasteiger partial charge in [0.2, 0.25) is 18.7 Å². The van der Waals surface area contributed by atoms with Crippen LogP contribution < -0.4 is 43.7 Å². The van der Waals surface area contributed by atoms with Crippen LogP contribution in [0.4, 0.5) is 55.2 Å². The third kappa shape index (κ3) is 16.8. The van der Waals surface area contributed by atoms with Crippen LogP contribution in [0.15, 0.2) is 120 Å². The molecule has 15 rings (SSSR count).